The highest BCUT2D eigenvalue weighted by Crippen LogP contribution is 2.39. The first-order valence-corrected chi connectivity index (χ1v) is 7.65. The fourth-order valence-electron chi connectivity index (χ4n) is 3.01. The summed E-state index contributed by atoms with van der Waals surface area (Å²) in [5.74, 6) is -0.343. The Labute approximate surface area is 120 Å². The third-order valence-corrected chi connectivity index (χ3v) is 4.01. The summed E-state index contributed by atoms with van der Waals surface area (Å²) < 4.78 is 13.3. The van der Waals surface area contributed by atoms with Crippen LogP contribution in [0.15, 0.2) is 23.1 Å². The Bertz CT molecular complexity index is 479. The topological polar surface area (TPSA) is 40.5 Å². The Morgan fingerprint density at radius 1 is 1.15 bits per heavy atom. The second-order valence-electron chi connectivity index (χ2n) is 5.29. The number of pyridine rings is 1. The molecule has 4 heteroatoms. The maximum absolute atomic E-state index is 11.9. The normalized spacial score (nSPS) is 21.6. The van der Waals surface area contributed by atoms with E-state index in [0.717, 1.165) is 31.2 Å². The van der Waals surface area contributed by atoms with Gasteiger partial charge < -0.3 is 14.0 Å². The largest absolute Gasteiger partial charge is 0.348 e. The average Bonchev–Trinajstić information content (AvgIpc) is 2.93. The molecule has 0 radical (unpaired) electrons. The molecule has 3 rings (SSSR count). The van der Waals surface area contributed by atoms with Gasteiger partial charge in [0.1, 0.15) is 0 Å². The molecule has 0 amide bonds. The Morgan fingerprint density at radius 2 is 1.75 bits per heavy atom. The number of hydrogen-bond donors (Lipinski definition) is 0. The van der Waals surface area contributed by atoms with Crippen LogP contribution in [-0.2, 0) is 9.47 Å². The Morgan fingerprint density at radius 3 is 2.35 bits per heavy atom. The number of rotatable bonds is 1. The molecule has 0 unspecified atom stereocenters. The summed E-state index contributed by atoms with van der Waals surface area (Å²) in [5, 5.41) is 0. The highest BCUT2D eigenvalue weighted by molar-refractivity contribution is 5.08. The molecule has 0 atom stereocenters. The Kier molecular flexibility index (Phi) is 5.00. The van der Waals surface area contributed by atoms with E-state index >= 15 is 0 Å². The van der Waals surface area contributed by atoms with Gasteiger partial charge in [0.05, 0.1) is 13.2 Å². The fourth-order valence-corrected chi connectivity index (χ4v) is 3.01. The quantitative estimate of drug-likeness (QED) is 0.793. The molecule has 0 bridgehead atoms. The Hall–Kier alpha value is -1.13. The smallest absolute Gasteiger partial charge is 0.250 e. The van der Waals surface area contributed by atoms with E-state index in [4.69, 9.17) is 9.47 Å². The molecule has 1 spiro atoms. The molecule has 1 aromatic rings. The highest BCUT2D eigenvalue weighted by Gasteiger charge is 2.40. The van der Waals surface area contributed by atoms with Crippen molar-refractivity contribution in [2.75, 3.05) is 13.2 Å². The zero-order chi connectivity index (χ0) is 14.6. The summed E-state index contributed by atoms with van der Waals surface area (Å²) in [6.07, 6.45) is 5.63. The van der Waals surface area contributed by atoms with Crippen molar-refractivity contribution in [3.05, 3.63) is 34.2 Å². The van der Waals surface area contributed by atoms with E-state index in [0.29, 0.717) is 13.2 Å². The van der Waals surface area contributed by atoms with Crippen LogP contribution in [0.2, 0.25) is 0 Å². The molecule has 2 aliphatic rings. The van der Waals surface area contributed by atoms with Crippen molar-refractivity contribution in [2.24, 2.45) is 0 Å². The molecule has 0 N–H and O–H groups in total. The lowest BCUT2D eigenvalue weighted by atomic mass is 9.89. The average molecular weight is 279 g/mol. The van der Waals surface area contributed by atoms with Crippen LogP contribution in [0.25, 0.3) is 0 Å². The van der Waals surface area contributed by atoms with Gasteiger partial charge in [-0.15, -0.1) is 0 Å². The van der Waals surface area contributed by atoms with E-state index in [1.54, 1.807) is 6.07 Å². The molecule has 20 heavy (non-hydrogen) atoms. The van der Waals surface area contributed by atoms with Gasteiger partial charge in [0.25, 0.3) is 5.56 Å². The maximum Gasteiger partial charge on any atom is 0.250 e. The molecule has 1 saturated carbocycles. The second-order valence-corrected chi connectivity index (χ2v) is 5.29. The minimum Gasteiger partial charge on any atom is -0.348 e. The van der Waals surface area contributed by atoms with E-state index in [-0.39, 0.29) is 17.4 Å². The molecule has 0 aromatic carbocycles. The maximum atomic E-state index is 11.9. The van der Waals surface area contributed by atoms with E-state index in [2.05, 4.69) is 0 Å². The van der Waals surface area contributed by atoms with E-state index in [9.17, 15) is 4.79 Å². The summed E-state index contributed by atoms with van der Waals surface area (Å²) in [6, 6.07) is 3.81. The molecular formula is C16H25NO3. The summed E-state index contributed by atoms with van der Waals surface area (Å²) >= 11 is 0. The van der Waals surface area contributed by atoms with Gasteiger partial charge in [-0.1, -0.05) is 19.9 Å². The lowest BCUT2D eigenvalue weighted by molar-refractivity contribution is -0.181. The van der Waals surface area contributed by atoms with Crippen LogP contribution in [0, 0.1) is 6.92 Å². The first kappa shape index (κ1) is 15.3. The third-order valence-electron chi connectivity index (χ3n) is 4.01. The molecule has 1 aliphatic heterocycles. The molecule has 1 saturated heterocycles. The predicted molar refractivity (Wildman–Crippen MR) is 78.9 cm³/mol. The SMILES string of the molecule is CC.Cc1ccc(=O)n(C2CCC3(CC2)OCCO3)c1. The van der Waals surface area contributed by atoms with Crippen molar-refractivity contribution < 1.29 is 9.47 Å². The Balaban J connectivity index is 0.000000704. The standard InChI is InChI=1S/C14H19NO3.C2H6/c1-11-2-3-13(16)15(10-11)12-4-6-14(7-5-12)17-8-9-18-14;1-2/h2-3,10,12H,4-9H2,1H3;1-2H3. The van der Waals surface area contributed by atoms with Crippen LogP contribution in [0.5, 0.6) is 0 Å². The van der Waals surface area contributed by atoms with Gasteiger partial charge in [0.15, 0.2) is 5.79 Å². The number of nitrogens with zero attached hydrogens (tertiary/aromatic N) is 1. The zero-order valence-electron chi connectivity index (χ0n) is 12.7. The van der Waals surface area contributed by atoms with Gasteiger partial charge >= 0.3 is 0 Å². The molecule has 2 heterocycles. The van der Waals surface area contributed by atoms with E-state index in [1.807, 2.05) is 37.6 Å². The molecule has 4 nitrogen and oxygen atoms in total. The van der Waals surface area contributed by atoms with Gasteiger partial charge in [-0.25, -0.2) is 0 Å². The number of aryl methyl sites for hydroxylation is 1. The van der Waals surface area contributed by atoms with Gasteiger partial charge in [-0.05, 0) is 25.3 Å². The molecule has 1 aromatic heterocycles. The van der Waals surface area contributed by atoms with Gasteiger partial charge in [0, 0.05) is 31.1 Å². The highest BCUT2D eigenvalue weighted by atomic mass is 16.7. The van der Waals surface area contributed by atoms with Crippen LogP contribution in [0.1, 0.15) is 51.1 Å². The van der Waals surface area contributed by atoms with Crippen LogP contribution >= 0.6 is 0 Å². The van der Waals surface area contributed by atoms with Crippen LogP contribution < -0.4 is 5.56 Å². The third kappa shape index (κ3) is 3.13. The van der Waals surface area contributed by atoms with Crippen molar-refractivity contribution in [2.45, 2.75) is 58.3 Å². The van der Waals surface area contributed by atoms with Crippen molar-refractivity contribution in [1.82, 2.24) is 4.57 Å². The molecule has 2 fully saturated rings. The minimum atomic E-state index is -0.343. The number of hydrogen-bond acceptors (Lipinski definition) is 3. The van der Waals surface area contributed by atoms with Crippen LogP contribution in [0.3, 0.4) is 0 Å². The monoisotopic (exact) mass is 279 g/mol. The predicted octanol–water partition coefficient (Wildman–Crippen LogP) is 3.04. The van der Waals surface area contributed by atoms with Gasteiger partial charge in [-0.2, -0.15) is 0 Å². The summed E-state index contributed by atoms with van der Waals surface area (Å²) in [4.78, 5) is 11.9. The van der Waals surface area contributed by atoms with Crippen molar-refractivity contribution in [1.29, 1.82) is 0 Å². The number of aromatic nitrogens is 1. The molecule has 112 valence electrons. The van der Waals surface area contributed by atoms with Gasteiger partial charge in [-0.3, -0.25) is 4.79 Å². The van der Waals surface area contributed by atoms with Crippen molar-refractivity contribution in [3.63, 3.8) is 0 Å². The first-order valence-electron chi connectivity index (χ1n) is 7.65. The summed E-state index contributed by atoms with van der Waals surface area (Å²) in [7, 11) is 0. The zero-order valence-corrected chi connectivity index (χ0v) is 12.7. The fraction of sp³-hybridized carbons (Fsp3) is 0.688. The van der Waals surface area contributed by atoms with E-state index in [1.165, 1.54) is 0 Å². The summed E-state index contributed by atoms with van der Waals surface area (Å²) in [6.45, 7) is 7.42. The van der Waals surface area contributed by atoms with E-state index < -0.39 is 0 Å². The lowest BCUT2D eigenvalue weighted by Gasteiger charge is -2.36. The molecule has 1 aliphatic carbocycles. The minimum absolute atomic E-state index is 0.0924. The summed E-state index contributed by atoms with van der Waals surface area (Å²) in [5.41, 5.74) is 1.22. The van der Waals surface area contributed by atoms with Crippen molar-refractivity contribution >= 4 is 0 Å². The first-order chi connectivity index (χ1) is 9.69. The van der Waals surface area contributed by atoms with Crippen LogP contribution in [0.4, 0.5) is 0 Å². The van der Waals surface area contributed by atoms with Crippen LogP contribution in [-0.4, -0.2) is 23.6 Å². The second kappa shape index (κ2) is 6.55. The molecular weight excluding hydrogens is 254 g/mol. The van der Waals surface area contributed by atoms with Gasteiger partial charge in [0.2, 0.25) is 0 Å². The number of ether oxygens (including phenoxy) is 2. The van der Waals surface area contributed by atoms with Crippen molar-refractivity contribution in [3.8, 4) is 0 Å². The lowest BCUT2D eigenvalue weighted by Crippen LogP contribution is -2.37.